The highest BCUT2D eigenvalue weighted by molar-refractivity contribution is 5.98. The molecule has 0 aliphatic carbocycles. The largest absolute Gasteiger partial charge is 0.351 e. The first kappa shape index (κ1) is 17.8. The summed E-state index contributed by atoms with van der Waals surface area (Å²) < 4.78 is 27.9. The van der Waals surface area contributed by atoms with Crippen molar-refractivity contribution in [2.45, 2.75) is 24.9 Å². The number of para-hydroxylation sites is 1. The number of hydrogen-bond acceptors (Lipinski definition) is 3. The normalized spacial score (nSPS) is 20.4. The Morgan fingerprint density at radius 2 is 1.97 bits per heavy atom. The molecule has 2 aliphatic heterocycles. The first-order valence-corrected chi connectivity index (χ1v) is 9.45. The Hall–Kier alpha value is -3.23. The number of aromatic amines is 1. The van der Waals surface area contributed by atoms with Crippen molar-refractivity contribution in [1.29, 1.82) is 0 Å². The Bertz CT molecular complexity index is 1060. The van der Waals surface area contributed by atoms with E-state index in [9.17, 15) is 18.4 Å². The van der Waals surface area contributed by atoms with Gasteiger partial charge in [-0.3, -0.25) is 14.3 Å². The van der Waals surface area contributed by atoms with Crippen LogP contribution in [0.3, 0.4) is 0 Å². The highest BCUT2D eigenvalue weighted by Gasteiger charge is 2.46. The number of rotatable bonds is 3. The van der Waals surface area contributed by atoms with Crippen molar-refractivity contribution in [3.8, 4) is 0 Å². The van der Waals surface area contributed by atoms with Crippen LogP contribution in [0.4, 0.5) is 8.78 Å². The fourth-order valence-corrected chi connectivity index (χ4v) is 4.07. The number of H-pyrrole nitrogens is 1. The number of likely N-dealkylation sites (tertiary alicyclic amines) is 1. The van der Waals surface area contributed by atoms with Gasteiger partial charge in [-0.2, -0.15) is 5.10 Å². The summed E-state index contributed by atoms with van der Waals surface area (Å²) in [6.07, 6.45) is 1.66. The molecule has 5 rings (SSSR count). The molecule has 0 spiro atoms. The van der Waals surface area contributed by atoms with Crippen molar-refractivity contribution in [2.24, 2.45) is 0 Å². The molecule has 150 valence electrons. The van der Waals surface area contributed by atoms with Gasteiger partial charge in [-0.15, -0.1) is 0 Å². The van der Waals surface area contributed by atoms with Crippen LogP contribution in [0.5, 0.6) is 0 Å². The maximum absolute atomic E-state index is 13.1. The highest BCUT2D eigenvalue weighted by Crippen LogP contribution is 2.30. The minimum absolute atomic E-state index is 0.0290. The predicted molar refractivity (Wildman–Crippen MR) is 100 cm³/mol. The van der Waals surface area contributed by atoms with Crippen molar-refractivity contribution in [2.75, 3.05) is 19.6 Å². The molecule has 7 nitrogen and oxygen atoms in total. The third kappa shape index (κ3) is 3.16. The van der Waals surface area contributed by atoms with Gasteiger partial charge in [0.25, 0.3) is 11.8 Å². The molecule has 0 bridgehead atoms. The number of carbonyl (C=O) groups is 2. The van der Waals surface area contributed by atoms with Crippen LogP contribution in [-0.4, -0.2) is 61.9 Å². The van der Waals surface area contributed by atoms with E-state index < -0.39 is 19.0 Å². The van der Waals surface area contributed by atoms with E-state index in [1.807, 2.05) is 30.3 Å². The first-order valence-electron chi connectivity index (χ1n) is 9.45. The Labute approximate surface area is 164 Å². The van der Waals surface area contributed by atoms with E-state index in [-0.39, 0.29) is 24.3 Å². The summed E-state index contributed by atoms with van der Waals surface area (Å²) in [6.45, 7) is -0.413. The smallest absolute Gasteiger partial charge is 0.282 e. The lowest BCUT2D eigenvalue weighted by atomic mass is 10.1. The van der Waals surface area contributed by atoms with Gasteiger partial charge in [-0.25, -0.2) is 8.78 Å². The molecule has 1 saturated heterocycles. The number of alkyl halides is 2. The Kier molecular flexibility index (Phi) is 3.94. The molecule has 0 radical (unpaired) electrons. The Morgan fingerprint density at radius 1 is 1.17 bits per heavy atom. The van der Waals surface area contributed by atoms with E-state index in [4.69, 9.17) is 0 Å². The first-order chi connectivity index (χ1) is 13.9. The zero-order valence-electron chi connectivity index (χ0n) is 15.5. The number of nitrogens with zero attached hydrogens (tertiary/aromatic N) is 4. The molecule has 2 aromatic heterocycles. The zero-order chi connectivity index (χ0) is 20.2. The second-order valence-corrected chi connectivity index (χ2v) is 7.69. The number of amides is 2. The summed E-state index contributed by atoms with van der Waals surface area (Å²) in [6, 6.07) is 10.9. The zero-order valence-corrected chi connectivity index (χ0v) is 15.5. The van der Waals surface area contributed by atoms with Crippen LogP contribution in [0.15, 0.2) is 42.6 Å². The maximum Gasteiger partial charge on any atom is 0.282 e. The summed E-state index contributed by atoms with van der Waals surface area (Å²) in [5.41, 5.74) is 2.17. The van der Waals surface area contributed by atoms with E-state index >= 15 is 0 Å². The third-order valence-corrected chi connectivity index (χ3v) is 5.54. The Morgan fingerprint density at radius 3 is 2.72 bits per heavy atom. The fraction of sp³-hybridized carbons (Fsp3) is 0.350. The lowest BCUT2D eigenvalue weighted by Gasteiger charge is -2.40. The summed E-state index contributed by atoms with van der Waals surface area (Å²) in [5.74, 6) is -3.31. The number of nitrogens with one attached hydrogen (secondary N) is 1. The van der Waals surface area contributed by atoms with Crippen LogP contribution in [0, 0.1) is 0 Å². The molecule has 1 fully saturated rings. The number of aromatic nitrogens is 3. The molecule has 2 amide bonds. The highest BCUT2D eigenvalue weighted by atomic mass is 19.3. The van der Waals surface area contributed by atoms with E-state index in [0.29, 0.717) is 18.8 Å². The molecule has 0 saturated carbocycles. The van der Waals surface area contributed by atoms with Crippen molar-refractivity contribution >= 4 is 22.7 Å². The van der Waals surface area contributed by atoms with Gasteiger partial charge in [0, 0.05) is 23.6 Å². The second-order valence-electron chi connectivity index (χ2n) is 7.69. The van der Waals surface area contributed by atoms with Crippen LogP contribution in [-0.2, 0) is 11.3 Å². The molecule has 1 unspecified atom stereocenters. The van der Waals surface area contributed by atoms with E-state index in [1.54, 1.807) is 21.8 Å². The Balaban J connectivity index is 1.35. The summed E-state index contributed by atoms with van der Waals surface area (Å²) >= 11 is 0. The van der Waals surface area contributed by atoms with Crippen LogP contribution < -0.4 is 0 Å². The van der Waals surface area contributed by atoms with Gasteiger partial charge in [-0.05, 0) is 18.2 Å². The second kappa shape index (κ2) is 6.40. The average molecular weight is 399 g/mol. The number of carbonyl (C=O) groups excluding carboxylic acids is 2. The molecular weight excluding hydrogens is 380 g/mol. The molecule has 2 aliphatic rings. The standard InChI is InChI=1S/C20H19F2N5O2/c21-20(22)11-26(12-20)18(28)8-15-10-25(9-14-5-6-23-27(14)15)19(29)17-7-13-3-1-2-4-16(13)24-17/h1-7,15,24H,8-12H2. The molecule has 1 atom stereocenters. The lowest BCUT2D eigenvalue weighted by Crippen LogP contribution is -2.59. The van der Waals surface area contributed by atoms with Gasteiger partial charge in [-0.1, -0.05) is 18.2 Å². The van der Waals surface area contributed by atoms with Crippen LogP contribution in [0.2, 0.25) is 0 Å². The van der Waals surface area contributed by atoms with Gasteiger partial charge in [0.05, 0.1) is 37.8 Å². The molecule has 1 aromatic carbocycles. The van der Waals surface area contributed by atoms with Crippen molar-refractivity contribution < 1.29 is 18.4 Å². The van der Waals surface area contributed by atoms with E-state index in [0.717, 1.165) is 21.5 Å². The average Bonchev–Trinajstić information content (AvgIpc) is 3.31. The third-order valence-electron chi connectivity index (χ3n) is 5.54. The predicted octanol–water partition coefficient (Wildman–Crippen LogP) is 2.43. The van der Waals surface area contributed by atoms with Crippen molar-refractivity contribution in [3.05, 3.63) is 54.0 Å². The van der Waals surface area contributed by atoms with Crippen molar-refractivity contribution in [3.63, 3.8) is 0 Å². The van der Waals surface area contributed by atoms with Gasteiger partial charge < -0.3 is 14.8 Å². The van der Waals surface area contributed by atoms with Gasteiger partial charge in [0.15, 0.2) is 0 Å². The number of hydrogen-bond donors (Lipinski definition) is 1. The molecule has 1 N–H and O–H groups in total. The van der Waals surface area contributed by atoms with Crippen LogP contribution >= 0.6 is 0 Å². The van der Waals surface area contributed by atoms with Crippen LogP contribution in [0.25, 0.3) is 10.9 Å². The molecule has 3 aromatic rings. The molecule has 9 heteroatoms. The number of halogens is 2. The van der Waals surface area contributed by atoms with E-state index in [2.05, 4.69) is 10.1 Å². The maximum atomic E-state index is 13.1. The minimum Gasteiger partial charge on any atom is -0.351 e. The molecule has 29 heavy (non-hydrogen) atoms. The van der Waals surface area contributed by atoms with Crippen molar-refractivity contribution in [1.82, 2.24) is 24.6 Å². The van der Waals surface area contributed by atoms with Gasteiger partial charge >= 0.3 is 0 Å². The lowest BCUT2D eigenvalue weighted by molar-refractivity contribution is -0.166. The van der Waals surface area contributed by atoms with E-state index in [1.165, 1.54) is 0 Å². The minimum atomic E-state index is -2.79. The quantitative estimate of drug-likeness (QED) is 0.735. The SMILES string of the molecule is O=C(CC1CN(C(=O)c2cc3ccccc3[nH]2)Cc2ccnn21)N1CC(F)(F)C1. The molecular formula is C20H19F2N5O2. The monoisotopic (exact) mass is 399 g/mol. The van der Waals surface area contributed by atoms with Gasteiger partial charge in [0.1, 0.15) is 5.69 Å². The number of fused-ring (bicyclic) bond motifs is 2. The number of benzene rings is 1. The topological polar surface area (TPSA) is 74.2 Å². The van der Waals surface area contributed by atoms with Gasteiger partial charge in [0.2, 0.25) is 5.91 Å². The fourth-order valence-electron chi connectivity index (χ4n) is 4.07. The molecule has 4 heterocycles. The summed E-state index contributed by atoms with van der Waals surface area (Å²) in [5, 5.41) is 5.22. The van der Waals surface area contributed by atoms with Crippen LogP contribution in [0.1, 0.15) is 28.6 Å². The summed E-state index contributed by atoms with van der Waals surface area (Å²) in [4.78, 5) is 31.5. The summed E-state index contributed by atoms with van der Waals surface area (Å²) in [7, 11) is 0.